The number of hydrogen-bond donors (Lipinski definition) is 3. The van der Waals surface area contributed by atoms with Crippen LogP contribution in [0.1, 0.15) is 22.9 Å². The van der Waals surface area contributed by atoms with Crippen molar-refractivity contribution < 1.29 is 9.90 Å². The van der Waals surface area contributed by atoms with Crippen molar-refractivity contribution in [2.45, 2.75) is 20.0 Å². The molecule has 0 aliphatic rings. The van der Waals surface area contributed by atoms with Gasteiger partial charge < -0.3 is 16.2 Å². The molecular weight excluding hydrogens is 404 g/mol. The van der Waals surface area contributed by atoms with Gasteiger partial charge >= 0.3 is 0 Å². The molecule has 0 spiro atoms. The zero-order valence-electron chi connectivity index (χ0n) is 16.3. The van der Waals surface area contributed by atoms with Gasteiger partial charge in [-0.1, -0.05) is 23.7 Å². The zero-order chi connectivity index (χ0) is 21.4. The van der Waals surface area contributed by atoms with Crippen LogP contribution in [0.15, 0.2) is 48.8 Å². The van der Waals surface area contributed by atoms with E-state index in [1.54, 1.807) is 41.1 Å². The van der Waals surface area contributed by atoms with E-state index >= 15 is 0 Å². The molecule has 0 aliphatic heterocycles. The number of amides is 1. The molecule has 0 saturated carbocycles. The molecule has 4 N–H and O–H groups in total. The Morgan fingerprint density at radius 3 is 2.73 bits per heavy atom. The van der Waals surface area contributed by atoms with Gasteiger partial charge in [0.2, 0.25) is 0 Å². The Morgan fingerprint density at radius 2 is 2.00 bits per heavy atom. The first-order chi connectivity index (χ1) is 14.3. The highest BCUT2D eigenvalue weighted by atomic mass is 35.5. The van der Waals surface area contributed by atoms with Crippen molar-refractivity contribution in [2.75, 3.05) is 11.1 Å². The summed E-state index contributed by atoms with van der Waals surface area (Å²) in [5.41, 5.74) is 10.7. The molecule has 0 saturated heterocycles. The van der Waals surface area contributed by atoms with Gasteiger partial charge in [-0.15, -0.1) is 0 Å². The third-order valence-corrected chi connectivity index (χ3v) is 5.00. The van der Waals surface area contributed by atoms with Crippen LogP contribution in [0.4, 0.5) is 11.5 Å². The maximum absolute atomic E-state index is 12.5. The highest BCUT2D eigenvalue weighted by molar-refractivity contribution is 6.30. The van der Waals surface area contributed by atoms with E-state index in [-0.39, 0.29) is 0 Å². The van der Waals surface area contributed by atoms with E-state index in [1.807, 2.05) is 19.9 Å². The maximum atomic E-state index is 12.5. The van der Waals surface area contributed by atoms with Crippen molar-refractivity contribution in [1.82, 2.24) is 19.7 Å². The number of fused-ring (bicyclic) bond motifs is 1. The quantitative estimate of drug-likeness (QED) is 0.464. The van der Waals surface area contributed by atoms with Crippen molar-refractivity contribution in [3.8, 4) is 5.69 Å². The predicted octanol–water partition coefficient (Wildman–Crippen LogP) is 3.34. The molecule has 1 atom stereocenters. The van der Waals surface area contributed by atoms with Gasteiger partial charge in [0.05, 0.1) is 11.4 Å². The van der Waals surface area contributed by atoms with E-state index in [2.05, 4.69) is 20.4 Å². The standard InChI is InChI=1S/C21H19ClN6O2/c1-11-8-15(26-21(30)19(29)13-4-3-5-14(22)9-13)6-7-16(11)28-18-17(12(2)27-28)24-10-25-20(18)23/h3-10,19,29H,1-2H3,(H,26,30)(H2,23,24,25)/t19-/m1/s1. The minimum Gasteiger partial charge on any atom is -0.382 e. The molecular formula is C21H19ClN6O2. The second-order valence-corrected chi connectivity index (χ2v) is 7.34. The Labute approximate surface area is 177 Å². The molecule has 8 nitrogen and oxygen atoms in total. The summed E-state index contributed by atoms with van der Waals surface area (Å²) in [6, 6.07) is 11.9. The number of halogens is 1. The Kier molecular flexibility index (Phi) is 5.11. The predicted molar refractivity (Wildman–Crippen MR) is 116 cm³/mol. The summed E-state index contributed by atoms with van der Waals surface area (Å²) in [4.78, 5) is 20.8. The van der Waals surface area contributed by atoms with Gasteiger partial charge in [0.1, 0.15) is 17.4 Å². The van der Waals surface area contributed by atoms with Crippen molar-refractivity contribution in [2.24, 2.45) is 0 Å². The first kappa shape index (κ1) is 19.8. The number of aryl methyl sites for hydroxylation is 2. The second kappa shape index (κ2) is 7.74. The Balaban J connectivity index is 1.62. The number of aliphatic hydroxyl groups excluding tert-OH is 1. The number of nitrogens with one attached hydrogen (secondary N) is 1. The normalized spacial score (nSPS) is 12.1. The van der Waals surface area contributed by atoms with E-state index in [1.165, 1.54) is 6.33 Å². The molecule has 2 aromatic heterocycles. The highest BCUT2D eigenvalue weighted by Crippen LogP contribution is 2.27. The lowest BCUT2D eigenvalue weighted by molar-refractivity contribution is -0.124. The average Bonchev–Trinajstić information content (AvgIpc) is 3.05. The smallest absolute Gasteiger partial charge is 0.257 e. The molecule has 2 heterocycles. The van der Waals surface area contributed by atoms with Crippen LogP contribution in [0.25, 0.3) is 16.7 Å². The number of aromatic nitrogens is 4. The molecule has 4 rings (SSSR count). The molecule has 30 heavy (non-hydrogen) atoms. The maximum Gasteiger partial charge on any atom is 0.257 e. The summed E-state index contributed by atoms with van der Waals surface area (Å²) in [5.74, 6) is -0.218. The fraction of sp³-hybridized carbons (Fsp3) is 0.143. The molecule has 0 aliphatic carbocycles. The van der Waals surface area contributed by atoms with Crippen molar-refractivity contribution in [3.05, 3.63) is 70.6 Å². The lowest BCUT2D eigenvalue weighted by Gasteiger charge is -2.14. The Bertz CT molecular complexity index is 1270. The molecule has 0 unspecified atom stereocenters. The number of nitrogens with zero attached hydrogens (tertiary/aromatic N) is 4. The van der Waals surface area contributed by atoms with Gasteiger partial charge in [0, 0.05) is 10.7 Å². The number of carbonyl (C=O) groups is 1. The molecule has 2 aromatic carbocycles. The third-order valence-electron chi connectivity index (χ3n) is 4.76. The minimum absolute atomic E-state index is 0.335. The number of rotatable bonds is 4. The zero-order valence-corrected chi connectivity index (χ0v) is 17.1. The fourth-order valence-corrected chi connectivity index (χ4v) is 3.50. The van der Waals surface area contributed by atoms with Gasteiger partial charge in [-0.3, -0.25) is 4.79 Å². The van der Waals surface area contributed by atoms with E-state index < -0.39 is 12.0 Å². The number of benzene rings is 2. The Morgan fingerprint density at radius 1 is 1.20 bits per heavy atom. The fourth-order valence-electron chi connectivity index (χ4n) is 3.30. The third kappa shape index (κ3) is 3.58. The topological polar surface area (TPSA) is 119 Å². The van der Waals surface area contributed by atoms with Crippen LogP contribution in [0, 0.1) is 13.8 Å². The Hall–Kier alpha value is -3.49. The van der Waals surface area contributed by atoms with E-state index in [9.17, 15) is 9.90 Å². The van der Waals surface area contributed by atoms with Crippen LogP contribution in [0.5, 0.6) is 0 Å². The summed E-state index contributed by atoms with van der Waals surface area (Å²) >= 11 is 5.94. The summed E-state index contributed by atoms with van der Waals surface area (Å²) in [7, 11) is 0. The average molecular weight is 423 g/mol. The van der Waals surface area contributed by atoms with Crippen molar-refractivity contribution in [3.63, 3.8) is 0 Å². The second-order valence-electron chi connectivity index (χ2n) is 6.90. The van der Waals surface area contributed by atoms with Gasteiger partial charge in [-0.25, -0.2) is 14.6 Å². The van der Waals surface area contributed by atoms with Gasteiger partial charge in [0.25, 0.3) is 5.91 Å². The number of nitrogens with two attached hydrogens (primary N) is 1. The largest absolute Gasteiger partial charge is 0.382 e. The number of carbonyl (C=O) groups excluding carboxylic acids is 1. The van der Waals surface area contributed by atoms with Crippen molar-refractivity contribution in [1.29, 1.82) is 0 Å². The number of aliphatic hydroxyl groups is 1. The number of anilines is 2. The molecule has 0 fully saturated rings. The summed E-state index contributed by atoms with van der Waals surface area (Å²) in [6.45, 7) is 3.74. The van der Waals surface area contributed by atoms with Crippen LogP contribution >= 0.6 is 11.6 Å². The lowest BCUT2D eigenvalue weighted by atomic mass is 10.1. The molecule has 0 radical (unpaired) electrons. The summed E-state index contributed by atoms with van der Waals surface area (Å²) in [6.07, 6.45) is 0.0752. The van der Waals surface area contributed by atoms with Crippen LogP contribution in [0.2, 0.25) is 5.02 Å². The van der Waals surface area contributed by atoms with Gasteiger partial charge in [0.15, 0.2) is 11.9 Å². The summed E-state index contributed by atoms with van der Waals surface area (Å²) in [5, 5.41) is 18.0. The molecule has 4 aromatic rings. The lowest BCUT2D eigenvalue weighted by Crippen LogP contribution is -2.21. The highest BCUT2D eigenvalue weighted by Gasteiger charge is 2.19. The molecule has 152 valence electrons. The first-order valence-electron chi connectivity index (χ1n) is 9.16. The SMILES string of the molecule is Cc1cc(NC(=O)[C@H](O)c2cccc(Cl)c2)ccc1-n1nc(C)c2ncnc(N)c21. The minimum atomic E-state index is -1.33. The van der Waals surface area contributed by atoms with E-state index in [0.717, 1.165) is 16.9 Å². The molecule has 1 amide bonds. The first-order valence-corrected chi connectivity index (χ1v) is 9.54. The van der Waals surface area contributed by atoms with Gasteiger partial charge in [-0.2, -0.15) is 5.10 Å². The van der Waals surface area contributed by atoms with Crippen LogP contribution < -0.4 is 11.1 Å². The van der Waals surface area contributed by atoms with E-state index in [0.29, 0.717) is 33.1 Å². The van der Waals surface area contributed by atoms with Crippen LogP contribution in [-0.2, 0) is 4.79 Å². The molecule has 9 heteroatoms. The monoisotopic (exact) mass is 422 g/mol. The van der Waals surface area contributed by atoms with Crippen LogP contribution in [-0.4, -0.2) is 30.8 Å². The number of nitrogen functional groups attached to an aromatic ring is 1. The number of hydrogen-bond acceptors (Lipinski definition) is 6. The van der Waals surface area contributed by atoms with Gasteiger partial charge in [-0.05, 0) is 55.3 Å². The van der Waals surface area contributed by atoms with Crippen LogP contribution in [0.3, 0.4) is 0 Å². The van der Waals surface area contributed by atoms with E-state index in [4.69, 9.17) is 17.3 Å². The summed E-state index contributed by atoms with van der Waals surface area (Å²) < 4.78 is 1.70. The molecule has 0 bridgehead atoms. The van der Waals surface area contributed by atoms with Crippen molar-refractivity contribution >= 4 is 40.0 Å².